The van der Waals surface area contributed by atoms with Gasteiger partial charge in [0, 0.05) is 43.7 Å². The molecule has 0 fully saturated rings. The van der Waals surface area contributed by atoms with E-state index in [-0.39, 0.29) is 5.82 Å². The minimum absolute atomic E-state index is 0.260. The van der Waals surface area contributed by atoms with E-state index in [1.807, 2.05) is 34.8 Å². The molecule has 0 saturated carbocycles. The molecule has 0 radical (unpaired) electrons. The molecule has 0 spiro atoms. The van der Waals surface area contributed by atoms with E-state index in [0.717, 1.165) is 53.2 Å². The van der Waals surface area contributed by atoms with Crippen LogP contribution in [0.1, 0.15) is 11.4 Å². The normalized spacial score (nSPS) is 14.6. The second-order valence-electron chi connectivity index (χ2n) is 7.04. The zero-order valence-corrected chi connectivity index (χ0v) is 15.2. The Bertz CT molecular complexity index is 1140. The van der Waals surface area contributed by atoms with E-state index in [1.165, 1.54) is 12.1 Å². The Balaban J connectivity index is 1.74. The van der Waals surface area contributed by atoms with Crippen molar-refractivity contribution in [2.45, 2.75) is 13.0 Å². The molecule has 4 heterocycles. The van der Waals surface area contributed by atoms with Crippen molar-refractivity contribution in [2.24, 2.45) is 7.05 Å². The number of hydrogen-bond acceptors (Lipinski definition) is 4. The molecule has 0 atom stereocenters. The van der Waals surface area contributed by atoms with Gasteiger partial charge in [0.05, 0.1) is 17.1 Å². The highest BCUT2D eigenvalue weighted by Crippen LogP contribution is 2.29. The molecule has 6 nitrogen and oxygen atoms in total. The molecular formula is C20H19FN6. The quantitative estimate of drug-likeness (QED) is 0.550. The molecule has 0 saturated heterocycles. The van der Waals surface area contributed by atoms with Crippen LogP contribution in [0.2, 0.25) is 0 Å². The molecule has 7 heteroatoms. The molecule has 0 bridgehead atoms. The van der Waals surface area contributed by atoms with E-state index < -0.39 is 0 Å². The highest BCUT2D eigenvalue weighted by molar-refractivity contribution is 5.91. The lowest BCUT2D eigenvalue weighted by Gasteiger charge is -2.22. The second-order valence-corrected chi connectivity index (χ2v) is 7.04. The average Bonchev–Trinajstić information content (AvgIpc) is 3.25. The van der Waals surface area contributed by atoms with E-state index in [1.54, 1.807) is 12.1 Å². The summed E-state index contributed by atoms with van der Waals surface area (Å²) < 4.78 is 17.3. The molecule has 136 valence electrons. The van der Waals surface area contributed by atoms with Gasteiger partial charge in [0.1, 0.15) is 17.8 Å². The van der Waals surface area contributed by atoms with Gasteiger partial charge in [-0.25, -0.2) is 14.4 Å². The number of imidazole rings is 1. The summed E-state index contributed by atoms with van der Waals surface area (Å²) in [4.78, 5) is 16.5. The van der Waals surface area contributed by atoms with Crippen molar-refractivity contribution in [3.63, 3.8) is 0 Å². The summed E-state index contributed by atoms with van der Waals surface area (Å²) in [5.41, 5.74) is 4.73. The Morgan fingerprint density at radius 2 is 1.85 bits per heavy atom. The number of benzene rings is 1. The summed E-state index contributed by atoms with van der Waals surface area (Å²) in [6.45, 7) is 1.82. The standard InChI is InChI=1S/C20H19FN6/c1-25-9-8-16-17(11-25)27(12-22-16)20-23-18(13-3-5-14(21)6-4-13)15-7-10-26(2)19(15)24-20/h3-7,10,12H,8-9,11H2,1-2H3. The van der Waals surface area contributed by atoms with Crippen LogP contribution in [0.4, 0.5) is 4.39 Å². The molecule has 1 aliphatic heterocycles. The van der Waals surface area contributed by atoms with Crippen LogP contribution in [-0.4, -0.2) is 42.6 Å². The Kier molecular flexibility index (Phi) is 3.58. The second kappa shape index (κ2) is 5.99. The number of nitrogens with zero attached hydrogens (tertiary/aromatic N) is 6. The van der Waals surface area contributed by atoms with E-state index >= 15 is 0 Å². The molecule has 1 aliphatic rings. The van der Waals surface area contributed by atoms with Crippen LogP contribution in [0.3, 0.4) is 0 Å². The fraction of sp³-hybridized carbons (Fsp3) is 0.250. The summed E-state index contributed by atoms with van der Waals surface area (Å²) in [6, 6.07) is 8.42. The number of hydrogen-bond donors (Lipinski definition) is 0. The molecule has 3 aromatic heterocycles. The third-order valence-corrected chi connectivity index (χ3v) is 5.15. The topological polar surface area (TPSA) is 51.8 Å². The van der Waals surface area contributed by atoms with Crippen LogP contribution in [-0.2, 0) is 20.0 Å². The van der Waals surface area contributed by atoms with Gasteiger partial charge in [-0.15, -0.1) is 0 Å². The van der Waals surface area contributed by atoms with Crippen LogP contribution in [0.5, 0.6) is 0 Å². The van der Waals surface area contributed by atoms with E-state index in [9.17, 15) is 4.39 Å². The van der Waals surface area contributed by atoms with Gasteiger partial charge in [-0.3, -0.25) is 4.57 Å². The number of fused-ring (bicyclic) bond motifs is 2. The predicted molar refractivity (Wildman–Crippen MR) is 101 cm³/mol. The highest BCUT2D eigenvalue weighted by Gasteiger charge is 2.22. The maximum absolute atomic E-state index is 13.4. The first-order valence-corrected chi connectivity index (χ1v) is 8.93. The molecule has 0 unspecified atom stereocenters. The number of halogens is 1. The Labute approximate surface area is 155 Å². The number of rotatable bonds is 2. The van der Waals surface area contributed by atoms with Crippen molar-refractivity contribution >= 4 is 11.0 Å². The van der Waals surface area contributed by atoms with Crippen LogP contribution in [0, 0.1) is 5.82 Å². The van der Waals surface area contributed by atoms with Crippen LogP contribution < -0.4 is 0 Å². The van der Waals surface area contributed by atoms with Gasteiger partial charge in [-0.2, -0.15) is 4.98 Å². The van der Waals surface area contributed by atoms with Gasteiger partial charge < -0.3 is 9.47 Å². The molecule has 5 rings (SSSR count). The fourth-order valence-corrected chi connectivity index (χ4v) is 3.65. The number of aryl methyl sites for hydroxylation is 1. The van der Waals surface area contributed by atoms with Gasteiger partial charge in [0.15, 0.2) is 0 Å². The zero-order chi connectivity index (χ0) is 18.5. The van der Waals surface area contributed by atoms with Crippen LogP contribution in [0.25, 0.3) is 28.2 Å². The first kappa shape index (κ1) is 16.1. The minimum Gasteiger partial charge on any atom is -0.335 e. The molecule has 1 aromatic carbocycles. The molecule has 0 aliphatic carbocycles. The molecular weight excluding hydrogens is 343 g/mol. The van der Waals surface area contributed by atoms with E-state index in [4.69, 9.17) is 9.97 Å². The highest BCUT2D eigenvalue weighted by atomic mass is 19.1. The first-order valence-electron chi connectivity index (χ1n) is 8.93. The average molecular weight is 362 g/mol. The van der Waals surface area contributed by atoms with Crippen LogP contribution >= 0.6 is 0 Å². The molecule has 27 heavy (non-hydrogen) atoms. The monoisotopic (exact) mass is 362 g/mol. The van der Waals surface area contributed by atoms with Crippen molar-refractivity contribution in [2.75, 3.05) is 13.6 Å². The molecule has 0 N–H and O–H groups in total. The Hall–Kier alpha value is -3.06. The predicted octanol–water partition coefficient (Wildman–Crippen LogP) is 2.95. The van der Waals surface area contributed by atoms with Crippen molar-refractivity contribution in [3.8, 4) is 17.2 Å². The summed E-state index contributed by atoms with van der Waals surface area (Å²) in [7, 11) is 4.07. The van der Waals surface area contributed by atoms with Gasteiger partial charge in [0.2, 0.25) is 5.95 Å². The fourth-order valence-electron chi connectivity index (χ4n) is 3.65. The van der Waals surface area contributed by atoms with Crippen molar-refractivity contribution < 1.29 is 4.39 Å². The SMILES string of the molecule is CN1CCc2ncn(-c3nc(-c4ccc(F)cc4)c4ccn(C)c4n3)c2C1. The van der Waals surface area contributed by atoms with E-state index in [2.05, 4.69) is 16.9 Å². The summed E-state index contributed by atoms with van der Waals surface area (Å²) in [6.07, 6.45) is 4.70. The number of likely N-dealkylation sites (N-methyl/N-ethyl adjacent to an activating group) is 1. The van der Waals surface area contributed by atoms with Crippen molar-refractivity contribution in [3.05, 3.63) is 60.1 Å². The molecule has 0 amide bonds. The zero-order valence-electron chi connectivity index (χ0n) is 15.2. The minimum atomic E-state index is -0.260. The maximum atomic E-state index is 13.4. The lowest BCUT2D eigenvalue weighted by Crippen LogP contribution is -2.28. The van der Waals surface area contributed by atoms with Gasteiger partial charge in [-0.05, 0) is 37.4 Å². The summed E-state index contributed by atoms with van der Waals surface area (Å²) >= 11 is 0. The lowest BCUT2D eigenvalue weighted by atomic mass is 10.1. The van der Waals surface area contributed by atoms with Crippen molar-refractivity contribution in [1.29, 1.82) is 0 Å². The van der Waals surface area contributed by atoms with Gasteiger partial charge in [-0.1, -0.05) is 0 Å². The lowest BCUT2D eigenvalue weighted by molar-refractivity contribution is 0.304. The van der Waals surface area contributed by atoms with Crippen LogP contribution in [0.15, 0.2) is 42.9 Å². The van der Waals surface area contributed by atoms with Crippen molar-refractivity contribution in [1.82, 2.24) is 29.0 Å². The third-order valence-electron chi connectivity index (χ3n) is 5.15. The summed E-state index contributed by atoms with van der Waals surface area (Å²) in [5.74, 6) is 0.330. The third kappa shape index (κ3) is 2.62. The largest absolute Gasteiger partial charge is 0.335 e. The number of aromatic nitrogens is 5. The van der Waals surface area contributed by atoms with Gasteiger partial charge in [0.25, 0.3) is 0 Å². The molecule has 4 aromatic rings. The van der Waals surface area contributed by atoms with E-state index in [0.29, 0.717) is 5.95 Å². The smallest absolute Gasteiger partial charge is 0.237 e. The Morgan fingerprint density at radius 3 is 2.67 bits per heavy atom. The summed E-state index contributed by atoms with van der Waals surface area (Å²) in [5, 5.41) is 0.943. The maximum Gasteiger partial charge on any atom is 0.237 e. The van der Waals surface area contributed by atoms with Gasteiger partial charge >= 0.3 is 0 Å². The Morgan fingerprint density at radius 1 is 1.04 bits per heavy atom. The first-order chi connectivity index (χ1) is 13.1.